The van der Waals surface area contributed by atoms with Crippen LogP contribution in [0.1, 0.15) is 50.1 Å². The number of aromatic nitrogens is 3. The molecule has 6 rings (SSSR count). The largest absolute Gasteiger partial charge is 0.352 e. The van der Waals surface area contributed by atoms with Gasteiger partial charge < -0.3 is 10.2 Å². The third kappa shape index (κ3) is 5.84. The van der Waals surface area contributed by atoms with Gasteiger partial charge in [-0.2, -0.15) is 0 Å². The van der Waals surface area contributed by atoms with Crippen LogP contribution in [0.3, 0.4) is 0 Å². The number of fused-ring (bicyclic) bond motifs is 1. The second kappa shape index (κ2) is 12.5. The van der Waals surface area contributed by atoms with E-state index in [4.69, 9.17) is 0 Å². The predicted octanol–water partition coefficient (Wildman–Crippen LogP) is 4.11. The van der Waals surface area contributed by atoms with E-state index in [9.17, 15) is 18.8 Å². The first kappa shape index (κ1) is 29.9. The molecule has 0 spiro atoms. The summed E-state index contributed by atoms with van der Waals surface area (Å²) in [5, 5.41) is 3.25. The summed E-state index contributed by atoms with van der Waals surface area (Å²) in [6.45, 7) is 1.67. The normalized spacial score (nSPS) is 20.8. The molecule has 1 N–H and O–H groups in total. The molecule has 2 fully saturated rings. The van der Waals surface area contributed by atoms with E-state index in [1.165, 1.54) is 9.13 Å². The van der Waals surface area contributed by atoms with Crippen molar-refractivity contribution in [3.8, 4) is 16.8 Å². The van der Waals surface area contributed by atoms with Crippen LogP contribution in [0.2, 0.25) is 0 Å². The van der Waals surface area contributed by atoms with Crippen molar-refractivity contribution in [2.45, 2.75) is 63.2 Å². The number of amides is 1. The van der Waals surface area contributed by atoms with Gasteiger partial charge in [-0.25, -0.2) is 18.7 Å². The molecular weight excluding hydrogens is 559 g/mol. The first-order valence-corrected chi connectivity index (χ1v) is 15.4. The standard InChI is InChI=1S/C34H39FN6O3/c1-38(2)21-23-8-4-5-11-28(23)22-9-6-10-27(18-22)40-31-29(19-24(35)20-36-31)33(43)41(34(40)44)26-15-13-25(14-16-26)37-32(42)30-12-7-17-39(30)3/h4-6,8-11,18-20,25-26,30H,7,12-17,21H2,1-3H3,(H,37,42)/t25?,26?,30-/m1/s1. The number of rotatable bonds is 7. The fourth-order valence-electron chi connectivity index (χ4n) is 6.85. The molecule has 44 heavy (non-hydrogen) atoms. The molecule has 2 aliphatic rings. The second-order valence-electron chi connectivity index (χ2n) is 12.4. The Balaban J connectivity index is 1.36. The van der Waals surface area contributed by atoms with Crippen LogP contribution in [0.25, 0.3) is 27.8 Å². The van der Waals surface area contributed by atoms with Crippen LogP contribution in [0, 0.1) is 5.82 Å². The fourth-order valence-corrected chi connectivity index (χ4v) is 6.85. The Morgan fingerprint density at radius 3 is 2.52 bits per heavy atom. The molecule has 1 saturated heterocycles. The van der Waals surface area contributed by atoms with Gasteiger partial charge in [0.2, 0.25) is 5.91 Å². The number of carbonyl (C=O) groups is 1. The zero-order chi connectivity index (χ0) is 31.0. The molecule has 0 bridgehead atoms. The van der Waals surface area contributed by atoms with Gasteiger partial charge in [-0.05, 0) is 101 Å². The van der Waals surface area contributed by atoms with Crippen LogP contribution in [0.15, 0.2) is 70.4 Å². The van der Waals surface area contributed by atoms with Gasteiger partial charge in [0.05, 0.1) is 23.3 Å². The molecule has 1 aliphatic carbocycles. The number of pyridine rings is 1. The Hall–Kier alpha value is -4.15. The van der Waals surface area contributed by atoms with Crippen LogP contribution in [0.5, 0.6) is 0 Å². The zero-order valence-corrected chi connectivity index (χ0v) is 25.5. The van der Waals surface area contributed by atoms with Crippen molar-refractivity contribution in [2.24, 2.45) is 0 Å². The Bertz CT molecular complexity index is 1810. The lowest BCUT2D eigenvalue weighted by Gasteiger charge is -2.31. The maximum atomic E-state index is 14.4. The average molecular weight is 599 g/mol. The van der Waals surface area contributed by atoms with Crippen LogP contribution < -0.4 is 16.6 Å². The molecular formula is C34H39FN6O3. The average Bonchev–Trinajstić information content (AvgIpc) is 3.44. The molecule has 10 heteroatoms. The Labute approximate surface area is 255 Å². The smallest absolute Gasteiger partial charge is 0.337 e. The molecule has 0 unspecified atom stereocenters. The third-order valence-electron chi connectivity index (χ3n) is 9.04. The highest BCUT2D eigenvalue weighted by molar-refractivity contribution is 5.82. The minimum atomic E-state index is -0.638. The number of carbonyl (C=O) groups excluding carboxylic acids is 1. The maximum absolute atomic E-state index is 14.4. The number of nitrogens with one attached hydrogen (secondary N) is 1. The second-order valence-corrected chi connectivity index (χ2v) is 12.4. The summed E-state index contributed by atoms with van der Waals surface area (Å²) in [7, 11) is 6.01. The highest BCUT2D eigenvalue weighted by atomic mass is 19.1. The summed E-state index contributed by atoms with van der Waals surface area (Å²) in [5.74, 6) is -0.590. The van der Waals surface area contributed by atoms with Crippen molar-refractivity contribution in [3.05, 3.63) is 93.0 Å². The monoisotopic (exact) mass is 598 g/mol. The SMILES string of the molecule is CN(C)Cc1ccccc1-c1cccc(-n2c(=O)n(C3CCC(NC(=O)[C@H]4CCCN4C)CC3)c(=O)c3cc(F)cnc32)c1. The minimum absolute atomic E-state index is 0.0100. The Morgan fingerprint density at radius 2 is 1.80 bits per heavy atom. The number of hydrogen-bond acceptors (Lipinski definition) is 6. The maximum Gasteiger partial charge on any atom is 0.337 e. The molecule has 0 radical (unpaired) electrons. The fraction of sp³-hybridized carbons (Fsp3) is 0.412. The highest BCUT2D eigenvalue weighted by Crippen LogP contribution is 2.30. The number of halogens is 1. The summed E-state index contributed by atoms with van der Waals surface area (Å²) in [6, 6.07) is 16.4. The molecule has 1 atom stereocenters. The van der Waals surface area contributed by atoms with E-state index >= 15 is 0 Å². The topological polar surface area (TPSA) is 92.5 Å². The summed E-state index contributed by atoms with van der Waals surface area (Å²) in [6.07, 6.45) is 5.30. The lowest BCUT2D eigenvalue weighted by Crippen LogP contribution is -2.48. The van der Waals surface area contributed by atoms with E-state index < -0.39 is 17.1 Å². The molecule has 2 aromatic carbocycles. The molecule has 1 aliphatic heterocycles. The summed E-state index contributed by atoms with van der Waals surface area (Å²) in [4.78, 5) is 49.3. The Morgan fingerprint density at radius 1 is 1.02 bits per heavy atom. The van der Waals surface area contributed by atoms with Crippen molar-refractivity contribution in [1.82, 2.24) is 29.2 Å². The van der Waals surface area contributed by atoms with E-state index in [1.54, 1.807) is 0 Å². The number of likely N-dealkylation sites (tertiary alicyclic amines) is 1. The highest BCUT2D eigenvalue weighted by Gasteiger charge is 2.32. The van der Waals surface area contributed by atoms with E-state index in [0.717, 1.165) is 54.9 Å². The quantitative estimate of drug-likeness (QED) is 0.344. The van der Waals surface area contributed by atoms with E-state index in [1.807, 2.05) is 57.5 Å². The van der Waals surface area contributed by atoms with Gasteiger partial charge in [-0.3, -0.25) is 19.1 Å². The van der Waals surface area contributed by atoms with Crippen molar-refractivity contribution in [2.75, 3.05) is 27.7 Å². The summed E-state index contributed by atoms with van der Waals surface area (Å²) >= 11 is 0. The van der Waals surface area contributed by atoms with Crippen LogP contribution in [-0.4, -0.2) is 69.6 Å². The van der Waals surface area contributed by atoms with Crippen molar-refractivity contribution >= 4 is 16.9 Å². The molecule has 3 heterocycles. The van der Waals surface area contributed by atoms with Crippen molar-refractivity contribution < 1.29 is 9.18 Å². The summed E-state index contributed by atoms with van der Waals surface area (Å²) in [5.41, 5.74) is 2.73. The molecule has 2 aromatic heterocycles. The number of benzene rings is 2. The predicted molar refractivity (Wildman–Crippen MR) is 169 cm³/mol. The summed E-state index contributed by atoms with van der Waals surface area (Å²) < 4.78 is 17.1. The van der Waals surface area contributed by atoms with Gasteiger partial charge in [-0.1, -0.05) is 36.4 Å². The van der Waals surface area contributed by atoms with Crippen LogP contribution in [0.4, 0.5) is 4.39 Å². The van der Waals surface area contributed by atoms with Gasteiger partial charge in [0.1, 0.15) is 5.82 Å². The molecule has 4 aromatic rings. The van der Waals surface area contributed by atoms with E-state index in [2.05, 4.69) is 32.2 Å². The Kier molecular flexibility index (Phi) is 8.46. The lowest BCUT2D eigenvalue weighted by molar-refractivity contribution is -0.126. The van der Waals surface area contributed by atoms with Crippen LogP contribution >= 0.6 is 0 Å². The minimum Gasteiger partial charge on any atom is -0.352 e. The molecule has 1 saturated carbocycles. The van der Waals surface area contributed by atoms with Gasteiger partial charge in [0.25, 0.3) is 5.56 Å². The van der Waals surface area contributed by atoms with E-state index in [0.29, 0.717) is 31.4 Å². The number of nitrogens with zero attached hydrogens (tertiary/aromatic N) is 5. The van der Waals surface area contributed by atoms with Crippen molar-refractivity contribution in [1.29, 1.82) is 0 Å². The van der Waals surface area contributed by atoms with Gasteiger partial charge in [0, 0.05) is 18.6 Å². The van der Waals surface area contributed by atoms with Gasteiger partial charge in [-0.15, -0.1) is 0 Å². The van der Waals surface area contributed by atoms with E-state index in [-0.39, 0.29) is 35.1 Å². The number of hydrogen-bond donors (Lipinski definition) is 1. The first-order valence-electron chi connectivity index (χ1n) is 15.4. The lowest BCUT2D eigenvalue weighted by atomic mass is 9.90. The van der Waals surface area contributed by atoms with Crippen LogP contribution in [-0.2, 0) is 11.3 Å². The zero-order valence-electron chi connectivity index (χ0n) is 25.5. The third-order valence-corrected chi connectivity index (χ3v) is 9.04. The molecule has 1 amide bonds. The molecule has 9 nitrogen and oxygen atoms in total. The van der Waals surface area contributed by atoms with Gasteiger partial charge in [0.15, 0.2) is 5.65 Å². The van der Waals surface area contributed by atoms with Crippen molar-refractivity contribution in [3.63, 3.8) is 0 Å². The van der Waals surface area contributed by atoms with Gasteiger partial charge >= 0.3 is 5.69 Å². The first-order chi connectivity index (χ1) is 21.2. The number of likely N-dealkylation sites (N-methyl/N-ethyl adjacent to an activating group) is 1. The molecule has 230 valence electrons.